The molecule has 1 aliphatic rings. The third kappa shape index (κ3) is 1.54. The van der Waals surface area contributed by atoms with E-state index in [1.54, 1.807) is 13.8 Å². The SMILES string of the molecule is Cc1c(C(=O)O)nc(C2CC2)c(C#N)c1C. The Morgan fingerprint density at radius 3 is 2.50 bits per heavy atom. The molecule has 0 saturated heterocycles. The van der Waals surface area contributed by atoms with Gasteiger partial charge in [-0.3, -0.25) is 0 Å². The van der Waals surface area contributed by atoms with E-state index < -0.39 is 5.97 Å². The standard InChI is InChI=1S/C12H12N2O2/c1-6-7(2)10(12(15)16)14-11(8-3-4-8)9(6)5-13/h8H,3-4H2,1-2H3,(H,15,16). The van der Waals surface area contributed by atoms with Gasteiger partial charge in [0.05, 0.1) is 11.3 Å². The van der Waals surface area contributed by atoms with Crippen LogP contribution in [-0.2, 0) is 0 Å². The molecule has 0 spiro atoms. The smallest absolute Gasteiger partial charge is 0.354 e. The van der Waals surface area contributed by atoms with Crippen molar-refractivity contribution in [3.8, 4) is 6.07 Å². The molecule has 0 bridgehead atoms. The summed E-state index contributed by atoms with van der Waals surface area (Å²) in [5.74, 6) is -0.737. The zero-order chi connectivity index (χ0) is 11.9. The summed E-state index contributed by atoms with van der Waals surface area (Å²) < 4.78 is 0. The van der Waals surface area contributed by atoms with Crippen LogP contribution in [-0.4, -0.2) is 16.1 Å². The van der Waals surface area contributed by atoms with Gasteiger partial charge >= 0.3 is 5.97 Å². The highest BCUT2D eigenvalue weighted by atomic mass is 16.4. The Hall–Kier alpha value is -1.89. The first-order valence-corrected chi connectivity index (χ1v) is 5.20. The maximum Gasteiger partial charge on any atom is 0.354 e. The molecule has 4 nitrogen and oxygen atoms in total. The fourth-order valence-corrected chi connectivity index (χ4v) is 1.82. The molecular formula is C12H12N2O2. The van der Waals surface area contributed by atoms with Crippen LogP contribution in [0.25, 0.3) is 0 Å². The van der Waals surface area contributed by atoms with Crippen LogP contribution < -0.4 is 0 Å². The van der Waals surface area contributed by atoms with Crippen molar-refractivity contribution in [3.63, 3.8) is 0 Å². The van der Waals surface area contributed by atoms with Gasteiger partial charge in [0.2, 0.25) is 0 Å². The van der Waals surface area contributed by atoms with Crippen LogP contribution in [0.5, 0.6) is 0 Å². The Labute approximate surface area is 93.5 Å². The van der Waals surface area contributed by atoms with Crippen molar-refractivity contribution in [1.29, 1.82) is 5.26 Å². The van der Waals surface area contributed by atoms with Gasteiger partial charge in [0.25, 0.3) is 0 Å². The molecule has 0 amide bonds. The van der Waals surface area contributed by atoms with Crippen molar-refractivity contribution in [1.82, 2.24) is 4.98 Å². The normalized spacial score (nSPS) is 14.6. The second-order valence-electron chi connectivity index (χ2n) is 4.16. The Bertz CT molecular complexity index is 511. The molecule has 0 aromatic carbocycles. The van der Waals surface area contributed by atoms with Crippen molar-refractivity contribution in [2.75, 3.05) is 0 Å². The van der Waals surface area contributed by atoms with Crippen molar-refractivity contribution < 1.29 is 9.90 Å². The lowest BCUT2D eigenvalue weighted by atomic mass is 9.99. The highest BCUT2D eigenvalue weighted by Crippen LogP contribution is 2.41. The first-order chi connectivity index (χ1) is 7.56. The largest absolute Gasteiger partial charge is 0.477 e. The molecule has 0 unspecified atom stereocenters. The minimum absolute atomic E-state index is 0.0819. The maximum absolute atomic E-state index is 11.0. The van der Waals surface area contributed by atoms with Crippen molar-refractivity contribution in [2.45, 2.75) is 32.6 Å². The van der Waals surface area contributed by atoms with Crippen LogP contribution in [0.1, 0.15) is 51.6 Å². The topological polar surface area (TPSA) is 74.0 Å². The lowest BCUT2D eigenvalue weighted by molar-refractivity contribution is 0.0689. The van der Waals surface area contributed by atoms with Crippen LogP contribution >= 0.6 is 0 Å². The molecule has 1 fully saturated rings. The zero-order valence-corrected chi connectivity index (χ0v) is 9.24. The molecular weight excluding hydrogens is 204 g/mol. The van der Waals surface area contributed by atoms with Crippen LogP contribution in [0.2, 0.25) is 0 Å². The predicted molar refractivity (Wildman–Crippen MR) is 57.4 cm³/mol. The van der Waals surface area contributed by atoms with E-state index in [1.165, 1.54) is 0 Å². The number of hydrogen-bond donors (Lipinski definition) is 1. The van der Waals surface area contributed by atoms with Crippen LogP contribution in [0.4, 0.5) is 0 Å². The van der Waals surface area contributed by atoms with Gasteiger partial charge in [-0.1, -0.05) is 0 Å². The zero-order valence-electron chi connectivity index (χ0n) is 9.24. The van der Waals surface area contributed by atoms with E-state index in [0.29, 0.717) is 16.8 Å². The second kappa shape index (κ2) is 3.60. The quantitative estimate of drug-likeness (QED) is 0.821. The molecule has 1 saturated carbocycles. The molecule has 0 radical (unpaired) electrons. The van der Waals surface area contributed by atoms with Gasteiger partial charge in [-0.2, -0.15) is 5.26 Å². The van der Waals surface area contributed by atoms with Gasteiger partial charge in [-0.05, 0) is 37.8 Å². The number of carbonyl (C=O) groups is 1. The van der Waals surface area contributed by atoms with Gasteiger partial charge < -0.3 is 5.11 Å². The minimum atomic E-state index is -1.02. The lowest BCUT2D eigenvalue weighted by Crippen LogP contribution is -2.10. The number of aromatic carboxylic acids is 1. The molecule has 1 aromatic heterocycles. The number of nitriles is 1. The molecule has 1 aromatic rings. The fraction of sp³-hybridized carbons (Fsp3) is 0.417. The number of hydrogen-bond acceptors (Lipinski definition) is 3. The minimum Gasteiger partial charge on any atom is -0.477 e. The van der Waals surface area contributed by atoms with E-state index in [-0.39, 0.29) is 11.6 Å². The Balaban J connectivity index is 2.69. The van der Waals surface area contributed by atoms with Gasteiger partial charge in [-0.15, -0.1) is 0 Å². The molecule has 1 heterocycles. The van der Waals surface area contributed by atoms with Crippen LogP contribution in [0, 0.1) is 25.2 Å². The summed E-state index contributed by atoms with van der Waals surface area (Å²) in [6.45, 7) is 3.48. The molecule has 1 N–H and O–H groups in total. The highest BCUT2D eigenvalue weighted by molar-refractivity contribution is 5.87. The number of pyridine rings is 1. The number of aromatic nitrogens is 1. The first-order valence-electron chi connectivity index (χ1n) is 5.20. The molecule has 0 aliphatic heterocycles. The van der Waals surface area contributed by atoms with Crippen molar-refractivity contribution >= 4 is 5.97 Å². The Morgan fingerprint density at radius 2 is 2.06 bits per heavy atom. The number of carboxylic acid groups (broad SMARTS) is 1. The predicted octanol–water partition coefficient (Wildman–Crippen LogP) is 2.15. The van der Waals surface area contributed by atoms with E-state index in [4.69, 9.17) is 10.4 Å². The van der Waals surface area contributed by atoms with Gasteiger partial charge in [0.15, 0.2) is 5.69 Å². The van der Waals surface area contributed by atoms with Crippen LogP contribution in [0.3, 0.4) is 0 Å². The van der Waals surface area contributed by atoms with Crippen LogP contribution in [0.15, 0.2) is 0 Å². The molecule has 4 heteroatoms. The molecule has 16 heavy (non-hydrogen) atoms. The first kappa shape index (κ1) is 10.6. The van der Waals surface area contributed by atoms with Gasteiger partial charge in [0, 0.05) is 5.92 Å². The third-order valence-corrected chi connectivity index (χ3v) is 3.06. The van der Waals surface area contributed by atoms with Gasteiger partial charge in [-0.25, -0.2) is 9.78 Å². The Kier molecular flexibility index (Phi) is 2.39. The van der Waals surface area contributed by atoms with E-state index in [1.807, 2.05) is 0 Å². The van der Waals surface area contributed by atoms with Crippen molar-refractivity contribution in [3.05, 3.63) is 28.1 Å². The summed E-state index contributed by atoms with van der Waals surface area (Å²) in [6, 6.07) is 2.14. The average molecular weight is 216 g/mol. The van der Waals surface area contributed by atoms with E-state index >= 15 is 0 Å². The molecule has 2 rings (SSSR count). The monoisotopic (exact) mass is 216 g/mol. The lowest BCUT2D eigenvalue weighted by Gasteiger charge is -2.10. The number of nitrogens with zero attached hydrogens (tertiary/aromatic N) is 2. The number of rotatable bonds is 2. The summed E-state index contributed by atoms with van der Waals surface area (Å²) in [4.78, 5) is 15.2. The second-order valence-corrected chi connectivity index (χ2v) is 4.16. The highest BCUT2D eigenvalue weighted by Gasteiger charge is 2.30. The molecule has 0 atom stereocenters. The van der Waals surface area contributed by atoms with E-state index in [0.717, 1.165) is 18.4 Å². The fourth-order valence-electron chi connectivity index (χ4n) is 1.82. The maximum atomic E-state index is 11.0. The molecule has 82 valence electrons. The van der Waals surface area contributed by atoms with E-state index in [2.05, 4.69) is 11.1 Å². The summed E-state index contributed by atoms with van der Waals surface area (Å²) in [7, 11) is 0. The average Bonchev–Trinajstić information content (AvgIpc) is 3.04. The Morgan fingerprint density at radius 1 is 1.44 bits per heavy atom. The van der Waals surface area contributed by atoms with Crippen molar-refractivity contribution in [2.24, 2.45) is 0 Å². The van der Waals surface area contributed by atoms with E-state index in [9.17, 15) is 4.79 Å². The summed E-state index contributed by atoms with van der Waals surface area (Å²) in [6.07, 6.45) is 2.01. The number of carboxylic acids is 1. The summed E-state index contributed by atoms with van der Waals surface area (Å²) >= 11 is 0. The third-order valence-electron chi connectivity index (χ3n) is 3.06. The summed E-state index contributed by atoms with van der Waals surface area (Å²) in [5.41, 5.74) is 2.65. The molecule has 1 aliphatic carbocycles. The van der Waals surface area contributed by atoms with Gasteiger partial charge in [0.1, 0.15) is 6.07 Å². The summed E-state index contributed by atoms with van der Waals surface area (Å²) in [5, 5.41) is 18.1.